The molecule has 1 aromatic carbocycles. The lowest BCUT2D eigenvalue weighted by molar-refractivity contribution is 0.419. The zero-order valence-electron chi connectivity index (χ0n) is 10.1. The molecular formula is C13H9ClN4O2. The fourth-order valence-electron chi connectivity index (χ4n) is 1.51. The molecule has 1 aromatic heterocycles. The number of hydrogen-bond donors (Lipinski definition) is 2. The SMILES string of the molecule is N#Cc1c(N)cc(=O)n(/N=C/c2ccc(Cl)cc2)c1O. The first-order chi connectivity index (χ1) is 9.52. The maximum Gasteiger partial charge on any atom is 0.276 e. The Hall–Kier alpha value is -2.78. The van der Waals surface area contributed by atoms with Gasteiger partial charge in [-0.15, -0.1) is 0 Å². The molecule has 100 valence electrons. The fraction of sp³-hybridized carbons (Fsp3) is 0. The molecule has 0 saturated heterocycles. The third kappa shape index (κ3) is 2.63. The van der Waals surface area contributed by atoms with Crippen LogP contribution in [0.25, 0.3) is 0 Å². The summed E-state index contributed by atoms with van der Waals surface area (Å²) in [5.74, 6) is -0.595. The molecule has 0 saturated carbocycles. The van der Waals surface area contributed by atoms with Gasteiger partial charge >= 0.3 is 0 Å². The molecule has 3 N–H and O–H groups in total. The number of nitriles is 1. The summed E-state index contributed by atoms with van der Waals surface area (Å²) in [6.45, 7) is 0. The van der Waals surface area contributed by atoms with Gasteiger partial charge in [-0.25, -0.2) is 0 Å². The van der Waals surface area contributed by atoms with Crippen LogP contribution < -0.4 is 11.3 Å². The second-order valence-electron chi connectivity index (χ2n) is 3.86. The standard InChI is InChI=1S/C13H9ClN4O2/c14-9-3-1-8(2-4-9)7-17-18-12(19)5-11(16)10(6-15)13(18)20/h1-5,7,20H,16H2/b17-7+. The lowest BCUT2D eigenvalue weighted by Crippen LogP contribution is -2.17. The summed E-state index contributed by atoms with van der Waals surface area (Å²) in [4.78, 5) is 11.7. The average molecular weight is 289 g/mol. The molecule has 1 heterocycles. The van der Waals surface area contributed by atoms with Crippen LogP contribution in [0.4, 0.5) is 5.69 Å². The van der Waals surface area contributed by atoms with Crippen molar-refractivity contribution < 1.29 is 5.11 Å². The van der Waals surface area contributed by atoms with Crippen LogP contribution in [0.3, 0.4) is 0 Å². The van der Waals surface area contributed by atoms with Gasteiger partial charge in [-0.1, -0.05) is 23.7 Å². The first kappa shape index (κ1) is 13.6. The van der Waals surface area contributed by atoms with E-state index in [1.165, 1.54) is 6.21 Å². The van der Waals surface area contributed by atoms with E-state index in [0.29, 0.717) is 15.3 Å². The molecule has 7 heteroatoms. The fourth-order valence-corrected chi connectivity index (χ4v) is 1.63. The topological polar surface area (TPSA) is 104 Å². The van der Waals surface area contributed by atoms with Crippen LogP contribution in [0.2, 0.25) is 5.02 Å². The molecule has 0 spiro atoms. The second-order valence-corrected chi connectivity index (χ2v) is 4.29. The van der Waals surface area contributed by atoms with Gasteiger partial charge < -0.3 is 10.8 Å². The summed E-state index contributed by atoms with van der Waals surface area (Å²) in [6, 6.07) is 9.44. The van der Waals surface area contributed by atoms with Crippen molar-refractivity contribution in [3.63, 3.8) is 0 Å². The molecule has 2 aromatic rings. The van der Waals surface area contributed by atoms with Gasteiger partial charge in [0.25, 0.3) is 5.56 Å². The van der Waals surface area contributed by atoms with E-state index >= 15 is 0 Å². The third-order valence-corrected chi connectivity index (χ3v) is 2.76. The smallest absolute Gasteiger partial charge is 0.276 e. The van der Waals surface area contributed by atoms with Crippen molar-refractivity contribution >= 4 is 23.5 Å². The number of nitrogen functional groups attached to an aromatic ring is 1. The van der Waals surface area contributed by atoms with Gasteiger partial charge in [0.05, 0.1) is 11.9 Å². The predicted molar refractivity (Wildman–Crippen MR) is 75.9 cm³/mol. The van der Waals surface area contributed by atoms with Crippen LogP contribution in [0.1, 0.15) is 11.1 Å². The van der Waals surface area contributed by atoms with E-state index in [-0.39, 0.29) is 11.3 Å². The van der Waals surface area contributed by atoms with E-state index in [4.69, 9.17) is 22.6 Å². The number of hydrogen-bond acceptors (Lipinski definition) is 5. The summed E-state index contributed by atoms with van der Waals surface area (Å²) in [7, 11) is 0. The Bertz CT molecular complexity index is 773. The number of nitrogens with zero attached hydrogens (tertiary/aromatic N) is 3. The molecule has 2 rings (SSSR count). The van der Waals surface area contributed by atoms with Crippen LogP contribution in [-0.4, -0.2) is 16.0 Å². The number of nitrogens with two attached hydrogens (primary N) is 1. The van der Waals surface area contributed by atoms with E-state index in [0.717, 1.165) is 6.07 Å². The van der Waals surface area contributed by atoms with Crippen LogP contribution in [0.15, 0.2) is 40.2 Å². The first-order valence-corrected chi connectivity index (χ1v) is 5.85. The van der Waals surface area contributed by atoms with Gasteiger partial charge in [-0.3, -0.25) is 4.79 Å². The minimum Gasteiger partial charge on any atom is -0.492 e. The summed E-state index contributed by atoms with van der Waals surface area (Å²) < 4.78 is 0.698. The van der Waals surface area contributed by atoms with Crippen molar-refractivity contribution in [3.8, 4) is 11.9 Å². The normalized spacial score (nSPS) is 10.6. The molecule has 0 aliphatic heterocycles. The molecule has 6 nitrogen and oxygen atoms in total. The number of pyridine rings is 1. The zero-order valence-corrected chi connectivity index (χ0v) is 10.9. The molecule has 0 bridgehead atoms. The molecule has 20 heavy (non-hydrogen) atoms. The highest BCUT2D eigenvalue weighted by molar-refractivity contribution is 6.30. The minimum absolute atomic E-state index is 0.0899. The molecular weight excluding hydrogens is 280 g/mol. The summed E-state index contributed by atoms with van der Waals surface area (Å²) in [5, 5.41) is 23.1. The highest BCUT2D eigenvalue weighted by Crippen LogP contribution is 2.19. The number of aromatic nitrogens is 1. The second kappa shape index (κ2) is 5.47. The van der Waals surface area contributed by atoms with Crippen molar-refractivity contribution in [1.82, 2.24) is 4.68 Å². The summed E-state index contributed by atoms with van der Waals surface area (Å²) in [6.07, 6.45) is 1.36. The van der Waals surface area contributed by atoms with Crippen molar-refractivity contribution in [2.75, 3.05) is 5.73 Å². The molecule has 0 atom stereocenters. The monoisotopic (exact) mass is 288 g/mol. The maximum absolute atomic E-state index is 11.7. The van der Waals surface area contributed by atoms with E-state index in [1.54, 1.807) is 30.3 Å². The van der Waals surface area contributed by atoms with Crippen LogP contribution in [0, 0.1) is 11.3 Å². The van der Waals surface area contributed by atoms with E-state index in [9.17, 15) is 9.90 Å². The van der Waals surface area contributed by atoms with Gasteiger partial charge in [-0.2, -0.15) is 15.0 Å². The third-order valence-electron chi connectivity index (χ3n) is 2.50. The average Bonchev–Trinajstić information content (AvgIpc) is 2.40. The number of halogens is 1. The van der Waals surface area contributed by atoms with E-state index < -0.39 is 11.4 Å². The van der Waals surface area contributed by atoms with Gasteiger partial charge in [0, 0.05) is 11.1 Å². The Morgan fingerprint density at radius 3 is 2.65 bits per heavy atom. The Morgan fingerprint density at radius 1 is 1.40 bits per heavy atom. The molecule has 0 aliphatic carbocycles. The number of benzene rings is 1. The molecule has 0 fully saturated rings. The Balaban J connectivity index is 2.47. The van der Waals surface area contributed by atoms with Gasteiger partial charge in [-0.05, 0) is 17.7 Å². The Morgan fingerprint density at radius 2 is 2.05 bits per heavy atom. The van der Waals surface area contributed by atoms with Gasteiger partial charge in [0.1, 0.15) is 11.6 Å². The van der Waals surface area contributed by atoms with Crippen molar-refractivity contribution in [3.05, 3.63) is 56.8 Å². The van der Waals surface area contributed by atoms with Gasteiger partial charge in [0.2, 0.25) is 5.88 Å². The highest BCUT2D eigenvalue weighted by Gasteiger charge is 2.12. The minimum atomic E-state index is -0.635. The number of aromatic hydroxyl groups is 1. The maximum atomic E-state index is 11.7. The molecule has 0 aliphatic rings. The quantitative estimate of drug-likeness (QED) is 0.818. The highest BCUT2D eigenvalue weighted by atomic mass is 35.5. The predicted octanol–water partition coefficient (Wildman–Crippen LogP) is 1.54. The molecule has 0 unspecified atom stereocenters. The van der Waals surface area contributed by atoms with Crippen LogP contribution in [-0.2, 0) is 0 Å². The van der Waals surface area contributed by atoms with E-state index in [1.807, 2.05) is 0 Å². The Kier molecular flexibility index (Phi) is 3.73. The largest absolute Gasteiger partial charge is 0.492 e. The van der Waals surface area contributed by atoms with Crippen LogP contribution in [0.5, 0.6) is 5.88 Å². The molecule has 0 radical (unpaired) electrons. The van der Waals surface area contributed by atoms with Gasteiger partial charge in [0.15, 0.2) is 0 Å². The molecule has 0 amide bonds. The first-order valence-electron chi connectivity index (χ1n) is 5.47. The number of anilines is 1. The number of rotatable bonds is 2. The van der Waals surface area contributed by atoms with Crippen molar-refractivity contribution in [2.24, 2.45) is 5.10 Å². The lowest BCUT2D eigenvalue weighted by atomic mass is 10.2. The van der Waals surface area contributed by atoms with E-state index in [2.05, 4.69) is 5.10 Å². The summed E-state index contributed by atoms with van der Waals surface area (Å²) in [5.41, 5.74) is 5.22. The van der Waals surface area contributed by atoms with Crippen LogP contribution >= 0.6 is 11.6 Å². The van der Waals surface area contributed by atoms with Crippen molar-refractivity contribution in [2.45, 2.75) is 0 Å². The Labute approximate surface area is 119 Å². The van der Waals surface area contributed by atoms with Crippen molar-refractivity contribution in [1.29, 1.82) is 5.26 Å². The zero-order chi connectivity index (χ0) is 14.7. The lowest BCUT2D eigenvalue weighted by Gasteiger charge is -2.05. The summed E-state index contributed by atoms with van der Waals surface area (Å²) >= 11 is 5.75.